The van der Waals surface area contributed by atoms with Crippen molar-refractivity contribution in [2.24, 2.45) is 11.3 Å². The third-order valence-electron chi connectivity index (χ3n) is 7.01. The van der Waals surface area contributed by atoms with Crippen LogP contribution in [0.25, 0.3) is 0 Å². The SMILES string of the molecule is CC1/C=C\C=C/C(C)([N+](=O)[O-])CC(C)(C(=O)Nc2nc(Cc3ccccc3)cs2)C1c1ccccc1. The van der Waals surface area contributed by atoms with Gasteiger partial charge in [-0.3, -0.25) is 14.9 Å². The van der Waals surface area contributed by atoms with Gasteiger partial charge in [0.2, 0.25) is 11.4 Å². The Bertz CT molecular complexity index is 1270. The van der Waals surface area contributed by atoms with E-state index in [2.05, 4.69) is 17.2 Å². The van der Waals surface area contributed by atoms with E-state index < -0.39 is 11.0 Å². The summed E-state index contributed by atoms with van der Waals surface area (Å²) >= 11 is 1.37. The molecule has 7 heteroatoms. The summed E-state index contributed by atoms with van der Waals surface area (Å²) in [5.74, 6) is -0.578. The van der Waals surface area contributed by atoms with Gasteiger partial charge < -0.3 is 5.32 Å². The van der Waals surface area contributed by atoms with Crippen LogP contribution in [0.2, 0.25) is 0 Å². The number of benzene rings is 2. The Balaban J connectivity index is 1.70. The second-order valence-electron chi connectivity index (χ2n) is 9.96. The summed E-state index contributed by atoms with van der Waals surface area (Å²) < 4.78 is 0. The number of allylic oxidation sites excluding steroid dienone is 3. The van der Waals surface area contributed by atoms with Crippen LogP contribution in [0.4, 0.5) is 5.13 Å². The third kappa shape index (κ3) is 5.46. The maximum atomic E-state index is 14.1. The van der Waals surface area contributed by atoms with E-state index in [0.29, 0.717) is 11.6 Å². The summed E-state index contributed by atoms with van der Waals surface area (Å²) in [5, 5.41) is 17.7. The number of nitrogens with one attached hydrogen (secondary N) is 1. The molecule has 4 unspecified atom stereocenters. The predicted molar refractivity (Wildman–Crippen MR) is 145 cm³/mol. The molecule has 6 nitrogen and oxygen atoms in total. The molecule has 0 spiro atoms. The van der Waals surface area contributed by atoms with Crippen molar-refractivity contribution in [1.82, 2.24) is 4.98 Å². The molecule has 36 heavy (non-hydrogen) atoms. The van der Waals surface area contributed by atoms with E-state index >= 15 is 0 Å². The average Bonchev–Trinajstić information content (AvgIpc) is 3.30. The first-order chi connectivity index (χ1) is 17.2. The Hall–Kier alpha value is -3.58. The summed E-state index contributed by atoms with van der Waals surface area (Å²) in [7, 11) is 0. The highest BCUT2D eigenvalue weighted by atomic mass is 32.1. The van der Waals surface area contributed by atoms with Gasteiger partial charge in [0.15, 0.2) is 5.13 Å². The molecule has 1 aliphatic carbocycles. The van der Waals surface area contributed by atoms with Crippen molar-refractivity contribution in [1.29, 1.82) is 0 Å². The smallest absolute Gasteiger partial charge is 0.238 e. The largest absolute Gasteiger partial charge is 0.301 e. The molecule has 1 aliphatic rings. The van der Waals surface area contributed by atoms with Gasteiger partial charge in [-0.05, 0) is 30.0 Å². The van der Waals surface area contributed by atoms with E-state index in [1.807, 2.05) is 85.1 Å². The molecule has 4 rings (SSSR count). The second kappa shape index (κ2) is 10.6. The fourth-order valence-corrected chi connectivity index (χ4v) is 5.98. The quantitative estimate of drug-likeness (QED) is 0.303. The van der Waals surface area contributed by atoms with E-state index in [-0.39, 0.29) is 29.1 Å². The highest BCUT2D eigenvalue weighted by Gasteiger charge is 2.52. The first-order valence-corrected chi connectivity index (χ1v) is 12.9. The van der Waals surface area contributed by atoms with Crippen LogP contribution < -0.4 is 5.32 Å². The van der Waals surface area contributed by atoms with E-state index in [0.717, 1.165) is 16.8 Å². The minimum absolute atomic E-state index is 0.0353. The summed E-state index contributed by atoms with van der Waals surface area (Å²) in [6.45, 7) is 5.50. The Morgan fingerprint density at radius 2 is 1.78 bits per heavy atom. The van der Waals surface area contributed by atoms with Crippen molar-refractivity contribution < 1.29 is 9.72 Å². The van der Waals surface area contributed by atoms with E-state index in [1.165, 1.54) is 11.3 Å². The summed E-state index contributed by atoms with van der Waals surface area (Å²) in [4.78, 5) is 30.6. The lowest BCUT2D eigenvalue weighted by Gasteiger charge is -2.41. The molecular weight excluding hydrogens is 470 g/mol. The number of carbonyl (C=O) groups is 1. The number of rotatable bonds is 6. The number of hydrogen-bond donors (Lipinski definition) is 1. The zero-order chi connectivity index (χ0) is 25.8. The lowest BCUT2D eigenvalue weighted by molar-refractivity contribution is -0.554. The summed E-state index contributed by atoms with van der Waals surface area (Å²) in [6.07, 6.45) is 7.90. The van der Waals surface area contributed by atoms with Gasteiger partial charge in [-0.1, -0.05) is 85.8 Å². The lowest BCUT2D eigenvalue weighted by Crippen LogP contribution is -2.48. The number of nitrogens with zero attached hydrogens (tertiary/aromatic N) is 2. The van der Waals surface area contributed by atoms with Crippen LogP contribution >= 0.6 is 11.3 Å². The number of amides is 1. The Labute approximate surface area is 215 Å². The third-order valence-corrected chi connectivity index (χ3v) is 7.82. The molecule has 0 aliphatic heterocycles. The van der Waals surface area contributed by atoms with E-state index in [9.17, 15) is 14.9 Å². The van der Waals surface area contributed by atoms with Crippen LogP contribution in [0, 0.1) is 21.4 Å². The van der Waals surface area contributed by atoms with Crippen LogP contribution in [0.1, 0.15) is 49.9 Å². The predicted octanol–water partition coefficient (Wildman–Crippen LogP) is 6.65. The molecule has 1 N–H and O–H groups in total. The lowest BCUT2D eigenvalue weighted by atomic mass is 9.62. The molecular formula is C29H31N3O3S. The van der Waals surface area contributed by atoms with Crippen molar-refractivity contribution in [2.45, 2.75) is 45.1 Å². The topological polar surface area (TPSA) is 85.1 Å². The van der Waals surface area contributed by atoms with Crippen LogP contribution in [0.5, 0.6) is 0 Å². The molecule has 1 amide bonds. The van der Waals surface area contributed by atoms with Crippen LogP contribution in [0.15, 0.2) is 90.3 Å². The average molecular weight is 502 g/mol. The maximum absolute atomic E-state index is 14.1. The van der Waals surface area contributed by atoms with Crippen molar-refractivity contribution in [3.05, 3.63) is 117 Å². The molecule has 1 aromatic heterocycles. The molecule has 1 heterocycles. The Kier molecular flexibility index (Phi) is 7.50. The van der Waals surface area contributed by atoms with Gasteiger partial charge in [-0.2, -0.15) is 0 Å². The summed E-state index contributed by atoms with van der Waals surface area (Å²) in [5.41, 5.74) is 0.489. The van der Waals surface area contributed by atoms with Crippen molar-refractivity contribution >= 4 is 22.4 Å². The number of nitro groups is 1. The molecule has 186 valence electrons. The molecule has 0 saturated heterocycles. The first-order valence-electron chi connectivity index (χ1n) is 12.1. The molecule has 3 aromatic rings. The van der Waals surface area contributed by atoms with Gasteiger partial charge >= 0.3 is 0 Å². The number of thiazole rings is 1. The van der Waals surface area contributed by atoms with Crippen molar-refractivity contribution in [2.75, 3.05) is 5.32 Å². The second-order valence-corrected chi connectivity index (χ2v) is 10.8. The highest BCUT2D eigenvalue weighted by Crippen LogP contribution is 2.49. The van der Waals surface area contributed by atoms with E-state index in [4.69, 9.17) is 0 Å². The van der Waals surface area contributed by atoms with Crippen LogP contribution in [-0.2, 0) is 11.2 Å². The van der Waals surface area contributed by atoms with Crippen LogP contribution in [-0.4, -0.2) is 21.4 Å². The number of carbonyl (C=O) groups excluding carboxylic acids is 1. The fourth-order valence-electron chi connectivity index (χ4n) is 5.28. The molecule has 0 fully saturated rings. The van der Waals surface area contributed by atoms with Crippen LogP contribution in [0.3, 0.4) is 0 Å². The van der Waals surface area contributed by atoms with Gasteiger partial charge in [-0.15, -0.1) is 11.3 Å². The first kappa shape index (κ1) is 25.5. The Morgan fingerprint density at radius 1 is 1.11 bits per heavy atom. The number of hydrogen-bond acceptors (Lipinski definition) is 5. The van der Waals surface area contributed by atoms with E-state index in [1.54, 1.807) is 19.1 Å². The molecule has 4 atom stereocenters. The van der Waals surface area contributed by atoms with Gasteiger partial charge in [-0.25, -0.2) is 4.98 Å². The molecule has 2 aromatic carbocycles. The zero-order valence-electron chi connectivity index (χ0n) is 20.8. The fraction of sp³-hybridized carbons (Fsp3) is 0.310. The van der Waals surface area contributed by atoms with Gasteiger partial charge in [0.05, 0.1) is 11.1 Å². The van der Waals surface area contributed by atoms with Gasteiger partial charge in [0.25, 0.3) is 0 Å². The van der Waals surface area contributed by atoms with Crippen molar-refractivity contribution in [3.8, 4) is 0 Å². The Morgan fingerprint density at radius 3 is 2.44 bits per heavy atom. The maximum Gasteiger partial charge on any atom is 0.238 e. The monoisotopic (exact) mass is 501 g/mol. The standard InChI is InChI=1S/C29H31N3O3S/c1-21-12-10-11-17-28(2,32(34)35)20-29(3,25(21)23-15-8-5-9-16-23)26(33)31-27-30-24(19-36-27)18-22-13-6-4-7-14-22/h4-17,19,21,25H,18,20H2,1-3H3,(H,30,31,33)/b12-10-,17-11-. The highest BCUT2D eigenvalue weighted by molar-refractivity contribution is 7.13. The van der Waals surface area contributed by atoms with Crippen molar-refractivity contribution in [3.63, 3.8) is 0 Å². The van der Waals surface area contributed by atoms with Gasteiger partial charge in [0, 0.05) is 36.0 Å². The minimum Gasteiger partial charge on any atom is -0.301 e. The zero-order valence-corrected chi connectivity index (χ0v) is 21.6. The molecule has 0 radical (unpaired) electrons. The van der Waals surface area contributed by atoms with Gasteiger partial charge in [0.1, 0.15) is 0 Å². The minimum atomic E-state index is -1.41. The number of aromatic nitrogens is 1. The summed E-state index contributed by atoms with van der Waals surface area (Å²) in [6, 6.07) is 19.8. The normalized spacial score (nSPS) is 27.8. The molecule has 0 bridgehead atoms. The molecule has 0 saturated carbocycles. The number of anilines is 1.